The van der Waals surface area contributed by atoms with Crippen LogP contribution in [-0.4, -0.2) is 17.5 Å². The molecule has 2 amide bonds. The summed E-state index contributed by atoms with van der Waals surface area (Å²) in [6.45, 7) is 1.83. The van der Waals surface area contributed by atoms with Gasteiger partial charge < -0.3 is 5.32 Å². The van der Waals surface area contributed by atoms with E-state index in [1.807, 2.05) is 49.4 Å². The van der Waals surface area contributed by atoms with Gasteiger partial charge in [-0.2, -0.15) is 5.10 Å². The number of hydrogen-bond acceptors (Lipinski definition) is 3. The average Bonchev–Trinajstić information content (AvgIpc) is 2.82. The van der Waals surface area contributed by atoms with Crippen LogP contribution < -0.4 is 10.7 Å². The normalized spacial score (nSPS) is 11.2. The highest BCUT2D eigenvalue weighted by molar-refractivity contribution is 6.05. The van der Waals surface area contributed by atoms with Crippen molar-refractivity contribution in [2.24, 2.45) is 5.10 Å². The van der Waals surface area contributed by atoms with Crippen LogP contribution in [0.4, 0.5) is 10.1 Å². The first kappa shape index (κ1) is 20.9. The molecule has 158 valence electrons. The number of amides is 2. The lowest BCUT2D eigenvalue weighted by Gasteiger charge is -2.07. The number of hydrogen-bond donors (Lipinski definition) is 2. The summed E-state index contributed by atoms with van der Waals surface area (Å²) in [6, 6.07) is 25.7. The molecule has 0 bridgehead atoms. The van der Waals surface area contributed by atoms with Crippen LogP contribution >= 0.6 is 0 Å². The van der Waals surface area contributed by atoms with E-state index in [4.69, 9.17) is 0 Å². The molecule has 4 aromatic carbocycles. The van der Waals surface area contributed by atoms with E-state index >= 15 is 0 Å². The van der Waals surface area contributed by atoms with Crippen molar-refractivity contribution in [3.05, 3.63) is 114 Å². The maximum Gasteiger partial charge on any atom is 0.271 e. The van der Waals surface area contributed by atoms with E-state index in [0.717, 1.165) is 16.3 Å². The highest BCUT2D eigenvalue weighted by atomic mass is 19.1. The van der Waals surface area contributed by atoms with Crippen molar-refractivity contribution in [1.82, 2.24) is 5.43 Å². The molecule has 0 saturated carbocycles. The second kappa shape index (κ2) is 9.22. The molecule has 2 N–H and O–H groups in total. The minimum Gasteiger partial charge on any atom is -0.322 e. The summed E-state index contributed by atoms with van der Waals surface area (Å²) in [5.41, 5.74) is 5.43. The molecular formula is C26H20FN3O2. The first-order chi connectivity index (χ1) is 15.5. The molecule has 4 rings (SSSR count). The van der Waals surface area contributed by atoms with Gasteiger partial charge in [0, 0.05) is 16.8 Å². The van der Waals surface area contributed by atoms with E-state index in [9.17, 15) is 14.0 Å². The molecule has 6 heteroatoms. The lowest BCUT2D eigenvalue weighted by molar-refractivity contribution is 0.0954. The molecule has 32 heavy (non-hydrogen) atoms. The zero-order valence-electron chi connectivity index (χ0n) is 17.3. The van der Waals surface area contributed by atoms with Crippen LogP contribution in [0.2, 0.25) is 0 Å². The molecule has 0 saturated heterocycles. The van der Waals surface area contributed by atoms with Crippen LogP contribution in [0.25, 0.3) is 10.8 Å². The number of hydrazone groups is 1. The summed E-state index contributed by atoms with van der Waals surface area (Å²) in [6.07, 6.45) is 0. The Labute approximate surface area is 184 Å². The number of nitrogens with one attached hydrogen (secondary N) is 2. The molecule has 0 heterocycles. The quantitative estimate of drug-likeness (QED) is 0.333. The Balaban J connectivity index is 1.39. The highest BCUT2D eigenvalue weighted by Crippen LogP contribution is 2.16. The summed E-state index contributed by atoms with van der Waals surface area (Å²) in [7, 11) is 0. The lowest BCUT2D eigenvalue weighted by atomic mass is 10.0. The van der Waals surface area contributed by atoms with Crippen LogP contribution in [0.1, 0.15) is 33.2 Å². The maximum absolute atomic E-state index is 13.0. The van der Waals surface area contributed by atoms with E-state index < -0.39 is 5.82 Å². The standard InChI is InChI=1S/C26H20FN3O2/c1-17(21-7-6-18-4-2-3-5-22(18)16-21)29-30-26(32)20-10-14-24(15-11-20)28-25(31)19-8-12-23(27)13-9-19/h2-16H,1H3,(H,28,31)(H,30,32). The topological polar surface area (TPSA) is 70.6 Å². The molecule has 0 radical (unpaired) electrons. The first-order valence-corrected chi connectivity index (χ1v) is 10.0. The van der Waals surface area contributed by atoms with Gasteiger partial charge in [-0.3, -0.25) is 9.59 Å². The smallest absolute Gasteiger partial charge is 0.271 e. The fourth-order valence-corrected chi connectivity index (χ4v) is 3.19. The maximum atomic E-state index is 13.0. The van der Waals surface area contributed by atoms with Gasteiger partial charge in [-0.05, 0) is 77.9 Å². The molecule has 0 aromatic heterocycles. The fourth-order valence-electron chi connectivity index (χ4n) is 3.19. The van der Waals surface area contributed by atoms with E-state index in [2.05, 4.69) is 15.8 Å². The Bertz CT molecular complexity index is 1310. The van der Waals surface area contributed by atoms with Crippen molar-refractivity contribution in [3.8, 4) is 0 Å². The predicted octanol–water partition coefficient (Wildman–Crippen LogP) is 5.39. The number of carbonyl (C=O) groups is 2. The summed E-state index contributed by atoms with van der Waals surface area (Å²) < 4.78 is 13.0. The zero-order chi connectivity index (χ0) is 22.5. The molecule has 0 spiro atoms. The molecule has 0 atom stereocenters. The average molecular weight is 425 g/mol. The number of fused-ring (bicyclic) bond motifs is 1. The second-order valence-electron chi connectivity index (χ2n) is 7.24. The number of nitrogens with zero attached hydrogens (tertiary/aromatic N) is 1. The predicted molar refractivity (Wildman–Crippen MR) is 124 cm³/mol. The Morgan fingerprint density at radius 2 is 1.31 bits per heavy atom. The minimum atomic E-state index is -0.407. The summed E-state index contributed by atoms with van der Waals surface area (Å²) >= 11 is 0. The van der Waals surface area contributed by atoms with Crippen molar-refractivity contribution >= 4 is 34.0 Å². The molecule has 4 aromatic rings. The van der Waals surface area contributed by atoms with Crippen molar-refractivity contribution in [2.45, 2.75) is 6.92 Å². The van der Waals surface area contributed by atoms with Crippen LogP contribution in [-0.2, 0) is 0 Å². The summed E-state index contributed by atoms with van der Waals surface area (Å²) in [4.78, 5) is 24.6. The summed E-state index contributed by atoms with van der Waals surface area (Å²) in [5.74, 6) is -1.13. The SMILES string of the molecule is CC(=NNC(=O)c1ccc(NC(=O)c2ccc(F)cc2)cc1)c1ccc2ccccc2c1. The molecule has 0 unspecified atom stereocenters. The van der Waals surface area contributed by atoms with Gasteiger partial charge in [0.1, 0.15) is 5.82 Å². The lowest BCUT2D eigenvalue weighted by Crippen LogP contribution is -2.19. The van der Waals surface area contributed by atoms with E-state index in [1.165, 1.54) is 24.3 Å². The van der Waals surface area contributed by atoms with Crippen LogP contribution in [0, 0.1) is 5.82 Å². The van der Waals surface area contributed by atoms with Crippen molar-refractivity contribution in [1.29, 1.82) is 0 Å². The molecule has 0 aliphatic heterocycles. The number of anilines is 1. The number of halogens is 1. The Morgan fingerprint density at radius 3 is 2.03 bits per heavy atom. The molecule has 0 fully saturated rings. The number of carbonyl (C=O) groups excluding carboxylic acids is 2. The van der Waals surface area contributed by atoms with Gasteiger partial charge >= 0.3 is 0 Å². The Morgan fingerprint density at radius 1 is 0.719 bits per heavy atom. The third-order valence-electron chi connectivity index (χ3n) is 5.00. The van der Waals surface area contributed by atoms with Gasteiger partial charge in [0.2, 0.25) is 0 Å². The molecule has 0 aliphatic carbocycles. The van der Waals surface area contributed by atoms with Gasteiger partial charge in [-0.1, -0.05) is 36.4 Å². The Kier molecular flexibility index (Phi) is 6.03. The van der Waals surface area contributed by atoms with Crippen molar-refractivity contribution < 1.29 is 14.0 Å². The van der Waals surface area contributed by atoms with Gasteiger partial charge in [0.25, 0.3) is 11.8 Å². The fraction of sp³-hybridized carbons (Fsp3) is 0.0385. The number of benzene rings is 4. The molecule has 0 aliphatic rings. The highest BCUT2D eigenvalue weighted by Gasteiger charge is 2.09. The van der Waals surface area contributed by atoms with E-state index in [0.29, 0.717) is 22.5 Å². The first-order valence-electron chi connectivity index (χ1n) is 10.0. The van der Waals surface area contributed by atoms with Crippen LogP contribution in [0.5, 0.6) is 0 Å². The molecular weight excluding hydrogens is 405 g/mol. The summed E-state index contributed by atoms with van der Waals surface area (Å²) in [5, 5.41) is 9.16. The third-order valence-corrected chi connectivity index (χ3v) is 5.00. The largest absolute Gasteiger partial charge is 0.322 e. The van der Waals surface area contributed by atoms with Gasteiger partial charge in [0.05, 0.1) is 5.71 Å². The monoisotopic (exact) mass is 425 g/mol. The van der Waals surface area contributed by atoms with E-state index in [1.54, 1.807) is 24.3 Å². The third kappa shape index (κ3) is 4.87. The van der Waals surface area contributed by atoms with E-state index in [-0.39, 0.29) is 11.8 Å². The van der Waals surface area contributed by atoms with Gasteiger partial charge in [-0.15, -0.1) is 0 Å². The zero-order valence-corrected chi connectivity index (χ0v) is 17.3. The molecule has 5 nitrogen and oxygen atoms in total. The Hall–Kier alpha value is -4.32. The number of rotatable bonds is 5. The van der Waals surface area contributed by atoms with Crippen molar-refractivity contribution in [2.75, 3.05) is 5.32 Å². The van der Waals surface area contributed by atoms with Crippen LogP contribution in [0.3, 0.4) is 0 Å². The second-order valence-corrected chi connectivity index (χ2v) is 7.24. The van der Waals surface area contributed by atoms with Crippen LogP contribution in [0.15, 0.2) is 96.1 Å². The van der Waals surface area contributed by atoms with Gasteiger partial charge in [-0.25, -0.2) is 9.82 Å². The minimum absolute atomic E-state index is 0.340. The van der Waals surface area contributed by atoms with Crippen molar-refractivity contribution in [3.63, 3.8) is 0 Å². The van der Waals surface area contributed by atoms with Gasteiger partial charge in [0.15, 0.2) is 0 Å².